The van der Waals surface area contributed by atoms with E-state index in [1.54, 1.807) is 6.20 Å². The zero-order valence-corrected chi connectivity index (χ0v) is 9.83. The van der Waals surface area contributed by atoms with Gasteiger partial charge in [0, 0.05) is 11.6 Å². The number of nitrogens with one attached hydrogen (secondary N) is 1. The molecule has 0 spiro atoms. The van der Waals surface area contributed by atoms with Crippen LogP contribution in [0, 0.1) is 0 Å². The molecule has 0 atom stereocenters. The van der Waals surface area contributed by atoms with Gasteiger partial charge in [-0.3, -0.25) is 0 Å². The first-order chi connectivity index (χ1) is 7.81. The van der Waals surface area contributed by atoms with Crippen molar-refractivity contribution < 1.29 is 0 Å². The molecular weight excluding hydrogens is 245 g/mol. The van der Waals surface area contributed by atoms with Gasteiger partial charge in [0.05, 0.1) is 6.20 Å². The largest absolute Gasteiger partial charge is 0.339 e. The molecule has 0 radical (unpaired) electrons. The number of benzene rings is 1. The molecule has 16 heavy (non-hydrogen) atoms. The Morgan fingerprint density at radius 2 is 2.06 bits per heavy atom. The van der Waals surface area contributed by atoms with E-state index in [0.29, 0.717) is 16.7 Å². The third-order valence-electron chi connectivity index (χ3n) is 2.08. The highest BCUT2D eigenvalue weighted by molar-refractivity contribution is 6.32. The summed E-state index contributed by atoms with van der Waals surface area (Å²) >= 11 is 11.8. The molecule has 0 fully saturated rings. The zero-order valence-electron chi connectivity index (χ0n) is 8.32. The average Bonchev–Trinajstić information content (AvgIpc) is 2.33. The Hall–Kier alpha value is -1.32. The fourth-order valence-electron chi connectivity index (χ4n) is 1.29. The molecule has 0 saturated heterocycles. The second-order valence-corrected chi connectivity index (χ2v) is 3.81. The molecule has 0 aliphatic rings. The number of rotatable bonds is 3. The topological polar surface area (TPSA) is 37.8 Å². The van der Waals surface area contributed by atoms with Crippen molar-refractivity contribution in [2.75, 3.05) is 5.32 Å². The van der Waals surface area contributed by atoms with E-state index in [9.17, 15) is 0 Å². The molecule has 1 heterocycles. The van der Waals surface area contributed by atoms with Crippen molar-refractivity contribution in [1.82, 2.24) is 9.97 Å². The fraction of sp³-hybridized carbons (Fsp3) is 0.0909. The van der Waals surface area contributed by atoms with Crippen LogP contribution in [0.3, 0.4) is 0 Å². The molecule has 0 aliphatic heterocycles. The molecule has 2 rings (SSSR count). The summed E-state index contributed by atoms with van der Waals surface area (Å²) in [6, 6.07) is 7.73. The number of aromatic nitrogens is 2. The molecule has 0 aliphatic carbocycles. The summed E-state index contributed by atoms with van der Waals surface area (Å²) in [5, 5.41) is 3.60. The Labute approximate surface area is 103 Å². The fourth-order valence-corrected chi connectivity index (χ4v) is 1.68. The molecule has 2 aromatic rings. The van der Waals surface area contributed by atoms with Gasteiger partial charge in [0.1, 0.15) is 11.3 Å². The number of nitrogens with zero attached hydrogens (tertiary/aromatic N) is 2. The maximum atomic E-state index is 5.95. The summed E-state index contributed by atoms with van der Waals surface area (Å²) in [4.78, 5) is 7.87. The van der Waals surface area contributed by atoms with Gasteiger partial charge < -0.3 is 5.32 Å². The number of halogens is 2. The van der Waals surface area contributed by atoms with Crippen molar-refractivity contribution in [3.05, 3.63) is 47.4 Å². The Balaban J connectivity index is 2.30. The van der Waals surface area contributed by atoms with Crippen molar-refractivity contribution in [2.45, 2.75) is 5.88 Å². The summed E-state index contributed by atoms with van der Waals surface area (Å²) < 4.78 is 0. The van der Waals surface area contributed by atoms with E-state index in [0.717, 1.165) is 11.3 Å². The Morgan fingerprint density at radius 1 is 1.25 bits per heavy atom. The van der Waals surface area contributed by atoms with E-state index in [4.69, 9.17) is 23.2 Å². The number of hydrogen-bond acceptors (Lipinski definition) is 3. The van der Waals surface area contributed by atoms with Crippen LogP contribution in [0.1, 0.15) is 5.56 Å². The van der Waals surface area contributed by atoms with Gasteiger partial charge in [-0.1, -0.05) is 29.8 Å². The highest BCUT2D eigenvalue weighted by Gasteiger charge is 2.04. The standard InChI is InChI=1S/C11H9Cl2N3/c12-5-8-3-1-2-4-10(8)16-11-9(13)6-14-7-15-11/h1-4,6-7H,5H2,(H,14,15,16). The smallest absolute Gasteiger partial charge is 0.152 e. The zero-order chi connectivity index (χ0) is 11.4. The van der Waals surface area contributed by atoms with Gasteiger partial charge in [0.15, 0.2) is 5.82 Å². The number of anilines is 2. The lowest BCUT2D eigenvalue weighted by molar-refractivity contribution is 1.16. The molecule has 0 unspecified atom stereocenters. The van der Waals surface area contributed by atoms with Crippen LogP contribution in [-0.4, -0.2) is 9.97 Å². The molecule has 0 saturated carbocycles. The Kier molecular flexibility index (Phi) is 3.59. The molecule has 1 aromatic heterocycles. The van der Waals surface area contributed by atoms with Crippen molar-refractivity contribution >= 4 is 34.7 Å². The molecule has 0 bridgehead atoms. The van der Waals surface area contributed by atoms with E-state index in [1.165, 1.54) is 6.33 Å². The molecule has 5 heteroatoms. The summed E-state index contributed by atoms with van der Waals surface area (Å²) in [5.74, 6) is 1.01. The van der Waals surface area contributed by atoms with Crippen molar-refractivity contribution in [1.29, 1.82) is 0 Å². The predicted molar refractivity (Wildman–Crippen MR) is 66.3 cm³/mol. The van der Waals surface area contributed by atoms with E-state index in [1.807, 2.05) is 24.3 Å². The van der Waals surface area contributed by atoms with E-state index in [-0.39, 0.29) is 0 Å². The lowest BCUT2D eigenvalue weighted by Gasteiger charge is -2.09. The van der Waals surface area contributed by atoms with Crippen molar-refractivity contribution in [2.24, 2.45) is 0 Å². The lowest BCUT2D eigenvalue weighted by atomic mass is 10.2. The molecular formula is C11H9Cl2N3. The maximum Gasteiger partial charge on any atom is 0.152 e. The van der Waals surface area contributed by atoms with Gasteiger partial charge in [-0.2, -0.15) is 0 Å². The number of alkyl halides is 1. The summed E-state index contributed by atoms with van der Waals surface area (Å²) in [5.41, 5.74) is 1.90. The van der Waals surface area contributed by atoms with Gasteiger partial charge in [-0.25, -0.2) is 9.97 Å². The van der Waals surface area contributed by atoms with Gasteiger partial charge >= 0.3 is 0 Å². The minimum Gasteiger partial charge on any atom is -0.339 e. The maximum absolute atomic E-state index is 5.95. The molecule has 0 amide bonds. The van der Waals surface area contributed by atoms with Crippen LogP contribution >= 0.6 is 23.2 Å². The first kappa shape index (κ1) is 11.2. The summed E-state index contributed by atoms with van der Waals surface area (Å²) in [6.07, 6.45) is 2.98. The van der Waals surface area contributed by atoms with Gasteiger partial charge in [0.2, 0.25) is 0 Å². The average molecular weight is 254 g/mol. The quantitative estimate of drug-likeness (QED) is 0.850. The van der Waals surface area contributed by atoms with Crippen LogP contribution in [-0.2, 0) is 5.88 Å². The second-order valence-electron chi connectivity index (χ2n) is 3.14. The first-order valence-electron chi connectivity index (χ1n) is 4.67. The molecule has 3 nitrogen and oxygen atoms in total. The van der Waals surface area contributed by atoms with Crippen LogP contribution in [0.25, 0.3) is 0 Å². The van der Waals surface area contributed by atoms with Crippen molar-refractivity contribution in [3.63, 3.8) is 0 Å². The SMILES string of the molecule is ClCc1ccccc1Nc1ncncc1Cl. The van der Waals surface area contributed by atoms with Crippen LogP contribution in [0.5, 0.6) is 0 Å². The van der Waals surface area contributed by atoms with E-state index in [2.05, 4.69) is 15.3 Å². The van der Waals surface area contributed by atoms with Crippen LogP contribution < -0.4 is 5.32 Å². The monoisotopic (exact) mass is 253 g/mol. The molecule has 82 valence electrons. The highest BCUT2D eigenvalue weighted by atomic mass is 35.5. The van der Waals surface area contributed by atoms with E-state index >= 15 is 0 Å². The third-order valence-corrected chi connectivity index (χ3v) is 2.65. The van der Waals surface area contributed by atoms with Gasteiger partial charge in [-0.05, 0) is 11.6 Å². The predicted octanol–water partition coefficient (Wildman–Crippen LogP) is 3.61. The normalized spacial score (nSPS) is 10.1. The number of hydrogen-bond donors (Lipinski definition) is 1. The Morgan fingerprint density at radius 3 is 2.81 bits per heavy atom. The molecule has 1 aromatic carbocycles. The van der Waals surface area contributed by atoms with E-state index < -0.39 is 0 Å². The van der Waals surface area contributed by atoms with Crippen LogP contribution in [0.2, 0.25) is 5.02 Å². The van der Waals surface area contributed by atoms with Crippen LogP contribution in [0.15, 0.2) is 36.8 Å². The molecule has 1 N–H and O–H groups in total. The van der Waals surface area contributed by atoms with Crippen molar-refractivity contribution in [3.8, 4) is 0 Å². The third kappa shape index (κ3) is 2.43. The minimum absolute atomic E-state index is 0.436. The Bertz CT molecular complexity index is 488. The number of para-hydroxylation sites is 1. The van der Waals surface area contributed by atoms with Gasteiger partial charge in [-0.15, -0.1) is 11.6 Å². The summed E-state index contributed by atoms with van der Waals surface area (Å²) in [6.45, 7) is 0. The van der Waals surface area contributed by atoms with Crippen LogP contribution in [0.4, 0.5) is 11.5 Å². The lowest BCUT2D eigenvalue weighted by Crippen LogP contribution is -1.97. The van der Waals surface area contributed by atoms with Gasteiger partial charge in [0.25, 0.3) is 0 Å². The first-order valence-corrected chi connectivity index (χ1v) is 5.59. The second kappa shape index (κ2) is 5.14. The highest BCUT2D eigenvalue weighted by Crippen LogP contribution is 2.24. The minimum atomic E-state index is 0.436. The summed E-state index contributed by atoms with van der Waals surface area (Å²) in [7, 11) is 0.